The average Bonchev–Trinajstić information content (AvgIpc) is 2.99. The van der Waals surface area contributed by atoms with E-state index in [1.165, 1.54) is 0 Å². The fraction of sp³-hybridized carbons (Fsp3) is 0.467. The van der Waals surface area contributed by atoms with Crippen LogP contribution in [0.15, 0.2) is 25.0 Å². The number of rotatable bonds is 7. The summed E-state index contributed by atoms with van der Waals surface area (Å²) in [6.07, 6.45) is 8.71. The molecule has 2 aromatic heterocycles. The third-order valence-corrected chi connectivity index (χ3v) is 3.23. The number of nitrogens with zero attached hydrogens (tertiary/aromatic N) is 4. The Morgan fingerprint density at radius 1 is 1.35 bits per heavy atom. The molecule has 0 atom stereocenters. The fourth-order valence-corrected chi connectivity index (χ4v) is 2.31. The standard InChI is InChI=1S/C15H23N5/c1-4-7-13-18-14(15(16)20(13)9-6-3)12-10-17-19(11-12)8-5-2/h6,10-11H,3-5,7-9,16H2,1-2H3. The minimum absolute atomic E-state index is 0.692. The molecule has 5 nitrogen and oxygen atoms in total. The molecule has 0 aliphatic carbocycles. The van der Waals surface area contributed by atoms with Crippen LogP contribution in [0, 0.1) is 0 Å². The van der Waals surface area contributed by atoms with E-state index in [4.69, 9.17) is 10.7 Å². The second kappa shape index (κ2) is 6.41. The van der Waals surface area contributed by atoms with Gasteiger partial charge >= 0.3 is 0 Å². The summed E-state index contributed by atoms with van der Waals surface area (Å²) in [6.45, 7) is 9.67. The summed E-state index contributed by atoms with van der Waals surface area (Å²) < 4.78 is 3.96. The van der Waals surface area contributed by atoms with Crippen molar-refractivity contribution in [2.24, 2.45) is 0 Å². The van der Waals surface area contributed by atoms with Crippen LogP contribution in [0.25, 0.3) is 11.3 Å². The van der Waals surface area contributed by atoms with Gasteiger partial charge in [0.05, 0.1) is 6.20 Å². The molecular weight excluding hydrogens is 250 g/mol. The first-order chi connectivity index (χ1) is 9.71. The highest BCUT2D eigenvalue weighted by Crippen LogP contribution is 2.26. The SMILES string of the molecule is C=CCn1c(CCC)nc(-c2cnn(CCC)c2)c1N. The van der Waals surface area contributed by atoms with Crippen molar-refractivity contribution in [3.05, 3.63) is 30.9 Å². The highest BCUT2D eigenvalue weighted by Gasteiger charge is 2.16. The van der Waals surface area contributed by atoms with E-state index in [1.807, 2.05) is 27.7 Å². The van der Waals surface area contributed by atoms with Gasteiger partial charge in [-0.05, 0) is 12.8 Å². The molecule has 2 heterocycles. The molecule has 0 unspecified atom stereocenters. The molecule has 5 heteroatoms. The lowest BCUT2D eigenvalue weighted by molar-refractivity contribution is 0.603. The highest BCUT2D eigenvalue weighted by molar-refractivity contribution is 5.70. The first-order valence-corrected chi connectivity index (χ1v) is 7.19. The fourth-order valence-electron chi connectivity index (χ4n) is 2.31. The van der Waals surface area contributed by atoms with Gasteiger partial charge in [-0.15, -0.1) is 6.58 Å². The smallest absolute Gasteiger partial charge is 0.132 e. The Morgan fingerprint density at radius 2 is 2.15 bits per heavy atom. The van der Waals surface area contributed by atoms with Gasteiger partial charge in [0.1, 0.15) is 17.3 Å². The molecule has 0 saturated carbocycles. The molecule has 2 rings (SSSR count). The van der Waals surface area contributed by atoms with Crippen LogP contribution in [0.2, 0.25) is 0 Å². The summed E-state index contributed by atoms with van der Waals surface area (Å²) in [6, 6.07) is 0. The molecule has 0 radical (unpaired) electrons. The molecule has 0 spiro atoms. The summed E-state index contributed by atoms with van der Waals surface area (Å²) in [5.74, 6) is 1.72. The van der Waals surface area contributed by atoms with Gasteiger partial charge in [0.25, 0.3) is 0 Å². The van der Waals surface area contributed by atoms with Crippen molar-refractivity contribution >= 4 is 5.82 Å². The Hall–Kier alpha value is -2.04. The second-order valence-corrected chi connectivity index (χ2v) is 4.90. The van der Waals surface area contributed by atoms with Gasteiger partial charge < -0.3 is 10.3 Å². The maximum atomic E-state index is 6.25. The lowest BCUT2D eigenvalue weighted by atomic mass is 10.2. The maximum Gasteiger partial charge on any atom is 0.132 e. The summed E-state index contributed by atoms with van der Waals surface area (Å²) in [4.78, 5) is 4.70. The topological polar surface area (TPSA) is 61.7 Å². The molecule has 108 valence electrons. The number of aromatic nitrogens is 4. The van der Waals surface area contributed by atoms with E-state index in [0.29, 0.717) is 12.4 Å². The summed E-state index contributed by atoms with van der Waals surface area (Å²) in [7, 11) is 0. The van der Waals surface area contributed by atoms with Crippen molar-refractivity contribution < 1.29 is 0 Å². The normalized spacial score (nSPS) is 10.9. The number of aryl methyl sites for hydroxylation is 2. The van der Waals surface area contributed by atoms with E-state index < -0.39 is 0 Å². The Kier molecular flexibility index (Phi) is 4.61. The van der Waals surface area contributed by atoms with Crippen molar-refractivity contribution in [2.45, 2.75) is 46.2 Å². The Balaban J connectivity index is 2.39. The summed E-state index contributed by atoms with van der Waals surface area (Å²) in [5, 5.41) is 4.35. The lowest BCUT2D eigenvalue weighted by Gasteiger charge is -2.05. The van der Waals surface area contributed by atoms with E-state index in [0.717, 1.165) is 42.9 Å². The molecule has 0 bridgehead atoms. The van der Waals surface area contributed by atoms with E-state index in [2.05, 4.69) is 25.5 Å². The number of anilines is 1. The zero-order chi connectivity index (χ0) is 14.5. The molecule has 2 N–H and O–H groups in total. The minimum Gasteiger partial charge on any atom is -0.383 e. The predicted molar refractivity (Wildman–Crippen MR) is 82.3 cm³/mol. The average molecular weight is 273 g/mol. The predicted octanol–water partition coefficient (Wildman–Crippen LogP) is 2.88. The Morgan fingerprint density at radius 3 is 2.80 bits per heavy atom. The lowest BCUT2D eigenvalue weighted by Crippen LogP contribution is -2.05. The molecule has 0 aliphatic rings. The second-order valence-electron chi connectivity index (χ2n) is 4.90. The van der Waals surface area contributed by atoms with E-state index in [9.17, 15) is 0 Å². The van der Waals surface area contributed by atoms with Crippen LogP contribution in [0.3, 0.4) is 0 Å². The van der Waals surface area contributed by atoms with Crippen molar-refractivity contribution in [1.29, 1.82) is 0 Å². The quantitative estimate of drug-likeness (QED) is 0.789. The van der Waals surface area contributed by atoms with Gasteiger partial charge in [0, 0.05) is 31.3 Å². The Bertz CT molecular complexity index is 579. The molecule has 0 aromatic carbocycles. The zero-order valence-corrected chi connectivity index (χ0v) is 12.3. The molecule has 20 heavy (non-hydrogen) atoms. The third-order valence-electron chi connectivity index (χ3n) is 3.23. The van der Waals surface area contributed by atoms with Crippen LogP contribution >= 0.6 is 0 Å². The zero-order valence-electron chi connectivity index (χ0n) is 12.3. The molecule has 0 fully saturated rings. The molecule has 0 amide bonds. The molecule has 2 aromatic rings. The van der Waals surface area contributed by atoms with Crippen molar-refractivity contribution in [1.82, 2.24) is 19.3 Å². The van der Waals surface area contributed by atoms with Gasteiger partial charge in [-0.2, -0.15) is 5.10 Å². The minimum atomic E-state index is 0.692. The van der Waals surface area contributed by atoms with Crippen LogP contribution in [-0.4, -0.2) is 19.3 Å². The van der Waals surface area contributed by atoms with Gasteiger partial charge in [0.2, 0.25) is 0 Å². The number of nitrogen functional groups attached to an aromatic ring is 1. The monoisotopic (exact) mass is 273 g/mol. The van der Waals surface area contributed by atoms with Gasteiger partial charge in [0.15, 0.2) is 0 Å². The van der Waals surface area contributed by atoms with Gasteiger partial charge in [-0.1, -0.05) is 19.9 Å². The largest absolute Gasteiger partial charge is 0.383 e. The number of imidazole rings is 1. The first-order valence-electron chi connectivity index (χ1n) is 7.19. The van der Waals surface area contributed by atoms with Crippen LogP contribution < -0.4 is 5.73 Å². The van der Waals surface area contributed by atoms with E-state index in [-0.39, 0.29) is 0 Å². The summed E-state index contributed by atoms with van der Waals surface area (Å²) in [5.41, 5.74) is 8.07. The number of nitrogens with two attached hydrogens (primary N) is 1. The third kappa shape index (κ3) is 2.76. The number of hydrogen-bond acceptors (Lipinski definition) is 3. The number of allylic oxidation sites excluding steroid dienone is 1. The van der Waals surface area contributed by atoms with Crippen LogP contribution in [-0.2, 0) is 19.5 Å². The van der Waals surface area contributed by atoms with Crippen molar-refractivity contribution in [3.8, 4) is 11.3 Å². The molecule has 0 saturated heterocycles. The van der Waals surface area contributed by atoms with Crippen molar-refractivity contribution in [2.75, 3.05) is 5.73 Å². The van der Waals surface area contributed by atoms with Gasteiger partial charge in [-0.3, -0.25) is 4.68 Å². The van der Waals surface area contributed by atoms with E-state index >= 15 is 0 Å². The maximum absolute atomic E-state index is 6.25. The Labute approximate surface area is 120 Å². The summed E-state index contributed by atoms with van der Waals surface area (Å²) >= 11 is 0. The van der Waals surface area contributed by atoms with Crippen LogP contribution in [0.5, 0.6) is 0 Å². The molecular formula is C15H23N5. The first kappa shape index (κ1) is 14.4. The van der Waals surface area contributed by atoms with Gasteiger partial charge in [-0.25, -0.2) is 4.98 Å². The van der Waals surface area contributed by atoms with Crippen LogP contribution in [0.4, 0.5) is 5.82 Å². The van der Waals surface area contributed by atoms with Crippen molar-refractivity contribution in [3.63, 3.8) is 0 Å². The number of hydrogen-bond donors (Lipinski definition) is 1. The highest BCUT2D eigenvalue weighted by atomic mass is 15.3. The van der Waals surface area contributed by atoms with E-state index in [1.54, 1.807) is 0 Å². The molecule has 0 aliphatic heterocycles. The van der Waals surface area contributed by atoms with Crippen LogP contribution in [0.1, 0.15) is 32.5 Å².